The summed E-state index contributed by atoms with van der Waals surface area (Å²) in [7, 11) is 4.04. The zero-order chi connectivity index (χ0) is 14.9. The van der Waals surface area contributed by atoms with Crippen LogP contribution in [0.5, 0.6) is 0 Å². The minimum atomic E-state index is -0.356. The van der Waals surface area contributed by atoms with Gasteiger partial charge in [-0.25, -0.2) is 0 Å². The standard InChI is InChI=1S/C12H15BrCl2N4S/c1-18(2)3-4-19-11(8(13)6-17-19)10(16)7-5-9(14)20-12(7)15/h5-6,10H,3-4,16H2,1-2H3. The Bertz CT molecular complexity index is 596. The molecule has 0 aliphatic heterocycles. The number of rotatable bonds is 5. The average molecular weight is 398 g/mol. The number of halogens is 3. The number of nitrogens with zero attached hydrogens (tertiary/aromatic N) is 3. The Hall–Kier alpha value is -0.110. The van der Waals surface area contributed by atoms with Crippen LogP contribution < -0.4 is 5.73 Å². The van der Waals surface area contributed by atoms with Crippen LogP contribution in [-0.4, -0.2) is 35.3 Å². The van der Waals surface area contributed by atoms with Crippen LogP contribution in [0.4, 0.5) is 0 Å². The first-order valence-corrected chi connectivity index (χ1v) is 8.33. The van der Waals surface area contributed by atoms with Gasteiger partial charge in [0.1, 0.15) is 0 Å². The van der Waals surface area contributed by atoms with Crippen LogP contribution >= 0.6 is 50.5 Å². The maximum atomic E-state index is 6.34. The zero-order valence-electron chi connectivity index (χ0n) is 11.1. The zero-order valence-corrected chi connectivity index (χ0v) is 15.0. The van der Waals surface area contributed by atoms with E-state index < -0.39 is 0 Å². The molecule has 0 radical (unpaired) electrons. The third-order valence-electron chi connectivity index (χ3n) is 2.90. The summed E-state index contributed by atoms with van der Waals surface area (Å²) in [5.41, 5.74) is 8.08. The highest BCUT2D eigenvalue weighted by Gasteiger charge is 2.22. The predicted molar refractivity (Wildman–Crippen MR) is 88.9 cm³/mol. The lowest BCUT2D eigenvalue weighted by molar-refractivity contribution is 0.368. The number of hydrogen-bond acceptors (Lipinski definition) is 4. The van der Waals surface area contributed by atoms with Crippen molar-refractivity contribution in [2.75, 3.05) is 20.6 Å². The average Bonchev–Trinajstić information content (AvgIpc) is 2.89. The Balaban J connectivity index is 2.31. The van der Waals surface area contributed by atoms with Gasteiger partial charge in [0.05, 0.1) is 37.6 Å². The van der Waals surface area contributed by atoms with Gasteiger partial charge in [0.25, 0.3) is 0 Å². The van der Waals surface area contributed by atoms with Crippen LogP contribution in [-0.2, 0) is 6.54 Å². The van der Waals surface area contributed by atoms with Gasteiger partial charge in [-0.15, -0.1) is 11.3 Å². The van der Waals surface area contributed by atoms with Crippen molar-refractivity contribution < 1.29 is 0 Å². The van der Waals surface area contributed by atoms with Crippen LogP contribution in [0.3, 0.4) is 0 Å². The lowest BCUT2D eigenvalue weighted by Crippen LogP contribution is -2.23. The van der Waals surface area contributed by atoms with Gasteiger partial charge >= 0.3 is 0 Å². The van der Waals surface area contributed by atoms with Crippen LogP contribution in [0.25, 0.3) is 0 Å². The fourth-order valence-corrected chi connectivity index (χ4v) is 3.96. The van der Waals surface area contributed by atoms with E-state index in [9.17, 15) is 0 Å². The number of aromatic nitrogens is 2. The topological polar surface area (TPSA) is 47.1 Å². The molecule has 1 unspecified atom stereocenters. The molecule has 2 aromatic rings. The van der Waals surface area contributed by atoms with Gasteiger partial charge in [-0.05, 0) is 36.1 Å². The molecular formula is C12H15BrCl2N4S. The lowest BCUT2D eigenvalue weighted by atomic mass is 10.1. The van der Waals surface area contributed by atoms with Crippen molar-refractivity contribution in [1.29, 1.82) is 0 Å². The van der Waals surface area contributed by atoms with E-state index in [0.717, 1.165) is 28.8 Å². The number of hydrogen-bond donors (Lipinski definition) is 1. The molecule has 0 saturated heterocycles. The highest BCUT2D eigenvalue weighted by atomic mass is 79.9. The summed E-state index contributed by atoms with van der Waals surface area (Å²) in [6.45, 7) is 1.64. The van der Waals surface area contributed by atoms with Crippen LogP contribution in [0.2, 0.25) is 8.67 Å². The molecule has 20 heavy (non-hydrogen) atoms. The van der Waals surface area contributed by atoms with Crippen molar-refractivity contribution in [2.45, 2.75) is 12.6 Å². The first-order valence-electron chi connectivity index (χ1n) is 5.96. The molecule has 0 fully saturated rings. The van der Waals surface area contributed by atoms with Gasteiger partial charge in [0, 0.05) is 12.1 Å². The molecule has 4 nitrogen and oxygen atoms in total. The minimum Gasteiger partial charge on any atom is -0.319 e. The van der Waals surface area contributed by atoms with E-state index >= 15 is 0 Å². The number of likely N-dealkylation sites (N-methyl/N-ethyl adjacent to an activating group) is 1. The molecule has 1 atom stereocenters. The quantitative estimate of drug-likeness (QED) is 0.837. The third-order valence-corrected chi connectivity index (χ3v) is 5.03. The molecule has 2 aromatic heterocycles. The summed E-state index contributed by atoms with van der Waals surface area (Å²) in [5.74, 6) is 0. The lowest BCUT2D eigenvalue weighted by Gasteiger charge is -2.16. The molecule has 0 aliphatic carbocycles. The second-order valence-corrected chi connectivity index (χ2v) is 7.80. The molecule has 0 bridgehead atoms. The van der Waals surface area contributed by atoms with E-state index in [4.69, 9.17) is 28.9 Å². The fourth-order valence-electron chi connectivity index (χ4n) is 1.87. The Labute approximate surface area is 140 Å². The van der Waals surface area contributed by atoms with E-state index in [-0.39, 0.29) is 6.04 Å². The van der Waals surface area contributed by atoms with E-state index in [1.807, 2.05) is 24.8 Å². The highest BCUT2D eigenvalue weighted by Crippen LogP contribution is 2.38. The Morgan fingerprint density at radius 3 is 2.75 bits per heavy atom. The summed E-state index contributed by atoms with van der Waals surface area (Å²) in [5, 5.41) is 4.36. The monoisotopic (exact) mass is 396 g/mol. The molecule has 0 saturated carbocycles. The maximum Gasteiger partial charge on any atom is 0.0995 e. The highest BCUT2D eigenvalue weighted by molar-refractivity contribution is 9.10. The van der Waals surface area contributed by atoms with Gasteiger partial charge in [-0.1, -0.05) is 23.2 Å². The molecular weight excluding hydrogens is 383 g/mol. The molecule has 8 heteroatoms. The van der Waals surface area contributed by atoms with Crippen molar-refractivity contribution in [2.24, 2.45) is 5.73 Å². The molecule has 2 N–H and O–H groups in total. The summed E-state index contributed by atoms with van der Waals surface area (Å²) in [4.78, 5) is 2.10. The van der Waals surface area contributed by atoms with Gasteiger partial charge in [0.15, 0.2) is 0 Å². The molecule has 2 heterocycles. The van der Waals surface area contributed by atoms with Crippen molar-refractivity contribution in [3.8, 4) is 0 Å². The molecule has 110 valence electrons. The van der Waals surface area contributed by atoms with Crippen molar-refractivity contribution >= 4 is 50.5 Å². The van der Waals surface area contributed by atoms with E-state index in [1.165, 1.54) is 11.3 Å². The van der Waals surface area contributed by atoms with E-state index in [0.29, 0.717) is 8.67 Å². The van der Waals surface area contributed by atoms with Crippen LogP contribution in [0, 0.1) is 0 Å². The minimum absolute atomic E-state index is 0.356. The van der Waals surface area contributed by atoms with Crippen molar-refractivity contribution in [3.05, 3.63) is 36.7 Å². The van der Waals surface area contributed by atoms with E-state index in [2.05, 4.69) is 25.9 Å². The normalized spacial score (nSPS) is 13.2. The predicted octanol–water partition coefficient (Wildman–Crippen LogP) is 3.62. The summed E-state index contributed by atoms with van der Waals surface area (Å²) < 4.78 is 4.03. The summed E-state index contributed by atoms with van der Waals surface area (Å²) in [6.07, 6.45) is 1.76. The van der Waals surface area contributed by atoms with Gasteiger partial charge in [0.2, 0.25) is 0 Å². The molecule has 0 amide bonds. The Morgan fingerprint density at radius 1 is 1.50 bits per heavy atom. The molecule has 0 aliphatic rings. The maximum absolute atomic E-state index is 6.34. The van der Waals surface area contributed by atoms with Crippen molar-refractivity contribution in [3.63, 3.8) is 0 Å². The Kier molecular flexibility index (Phi) is 5.50. The van der Waals surface area contributed by atoms with Gasteiger partial charge in [-0.2, -0.15) is 5.10 Å². The second kappa shape index (κ2) is 6.77. The first kappa shape index (κ1) is 16.3. The first-order chi connectivity index (χ1) is 9.40. The Morgan fingerprint density at radius 2 is 2.20 bits per heavy atom. The second-order valence-electron chi connectivity index (χ2n) is 4.66. The van der Waals surface area contributed by atoms with E-state index in [1.54, 1.807) is 6.20 Å². The van der Waals surface area contributed by atoms with Gasteiger partial charge in [-0.3, -0.25) is 4.68 Å². The van der Waals surface area contributed by atoms with Crippen molar-refractivity contribution in [1.82, 2.24) is 14.7 Å². The molecule has 0 aromatic carbocycles. The smallest absolute Gasteiger partial charge is 0.0995 e. The number of thiophene rings is 1. The third kappa shape index (κ3) is 3.55. The SMILES string of the molecule is CN(C)CCn1ncc(Br)c1C(N)c1cc(Cl)sc1Cl. The molecule has 0 spiro atoms. The summed E-state index contributed by atoms with van der Waals surface area (Å²) >= 11 is 17.0. The fraction of sp³-hybridized carbons (Fsp3) is 0.417. The van der Waals surface area contributed by atoms with Crippen LogP contribution in [0.1, 0.15) is 17.3 Å². The van der Waals surface area contributed by atoms with Gasteiger partial charge < -0.3 is 10.6 Å². The number of nitrogens with two attached hydrogens (primary N) is 1. The largest absolute Gasteiger partial charge is 0.319 e. The summed E-state index contributed by atoms with van der Waals surface area (Å²) in [6, 6.07) is 1.46. The molecule has 2 rings (SSSR count). The van der Waals surface area contributed by atoms with Crippen LogP contribution in [0.15, 0.2) is 16.7 Å².